The van der Waals surface area contributed by atoms with E-state index in [-0.39, 0.29) is 29.6 Å². The second-order valence-electron chi connectivity index (χ2n) is 7.46. The number of likely N-dealkylation sites (tertiary alicyclic amines) is 1. The SMILES string of the molecule is CC(=O)N(C)Cc1cccc(NC(=O)C2CCCN(C(=O)C3CC3)C2)c1. The smallest absolute Gasteiger partial charge is 0.229 e. The molecule has 3 amide bonds. The zero-order valence-corrected chi connectivity index (χ0v) is 15.5. The zero-order valence-electron chi connectivity index (χ0n) is 15.5. The molecule has 1 N–H and O–H groups in total. The topological polar surface area (TPSA) is 69.7 Å². The van der Waals surface area contributed by atoms with Crippen LogP contribution in [-0.2, 0) is 20.9 Å². The van der Waals surface area contributed by atoms with E-state index in [0.29, 0.717) is 13.1 Å². The van der Waals surface area contributed by atoms with Gasteiger partial charge in [0.15, 0.2) is 0 Å². The number of nitrogens with one attached hydrogen (secondary N) is 1. The van der Waals surface area contributed by atoms with Crippen molar-refractivity contribution in [1.82, 2.24) is 9.80 Å². The highest BCUT2D eigenvalue weighted by molar-refractivity contribution is 5.93. The second-order valence-corrected chi connectivity index (χ2v) is 7.46. The number of rotatable bonds is 5. The van der Waals surface area contributed by atoms with Gasteiger partial charge >= 0.3 is 0 Å². The number of hydrogen-bond donors (Lipinski definition) is 1. The molecule has 1 aromatic carbocycles. The Balaban J connectivity index is 1.58. The van der Waals surface area contributed by atoms with Gasteiger partial charge in [0.2, 0.25) is 17.7 Å². The van der Waals surface area contributed by atoms with Crippen LogP contribution < -0.4 is 5.32 Å². The van der Waals surface area contributed by atoms with Crippen molar-refractivity contribution in [2.24, 2.45) is 11.8 Å². The van der Waals surface area contributed by atoms with Crippen LogP contribution in [0.15, 0.2) is 24.3 Å². The molecule has 2 aliphatic rings. The summed E-state index contributed by atoms with van der Waals surface area (Å²) in [6, 6.07) is 7.56. The van der Waals surface area contributed by atoms with Crippen LogP contribution >= 0.6 is 0 Å². The van der Waals surface area contributed by atoms with Gasteiger partial charge in [-0.2, -0.15) is 0 Å². The van der Waals surface area contributed by atoms with Crippen LogP contribution in [0.1, 0.15) is 38.2 Å². The average molecular weight is 357 g/mol. The molecule has 3 rings (SSSR count). The Morgan fingerprint density at radius 3 is 2.65 bits per heavy atom. The minimum absolute atomic E-state index is 0.00191. The van der Waals surface area contributed by atoms with Crippen LogP contribution in [-0.4, -0.2) is 47.7 Å². The van der Waals surface area contributed by atoms with Gasteiger partial charge in [-0.3, -0.25) is 14.4 Å². The van der Waals surface area contributed by atoms with Crippen molar-refractivity contribution >= 4 is 23.4 Å². The summed E-state index contributed by atoms with van der Waals surface area (Å²) in [4.78, 5) is 39.8. The van der Waals surface area contributed by atoms with Crippen LogP contribution in [0.3, 0.4) is 0 Å². The van der Waals surface area contributed by atoms with E-state index in [4.69, 9.17) is 0 Å². The molecule has 1 aliphatic carbocycles. The molecule has 0 aromatic heterocycles. The normalized spacial score (nSPS) is 19.8. The standard InChI is InChI=1S/C20H27N3O3/c1-14(24)22(2)12-15-5-3-7-18(11-15)21-19(25)17-6-4-10-23(13-17)20(26)16-8-9-16/h3,5,7,11,16-17H,4,6,8-10,12-13H2,1-2H3,(H,21,25). The third-order valence-electron chi connectivity index (χ3n) is 5.18. The Labute approximate surface area is 154 Å². The molecule has 1 unspecified atom stereocenters. The molecule has 0 bridgehead atoms. The van der Waals surface area contributed by atoms with E-state index in [9.17, 15) is 14.4 Å². The lowest BCUT2D eigenvalue weighted by molar-refractivity contribution is -0.135. The number of nitrogens with zero attached hydrogens (tertiary/aromatic N) is 2. The monoisotopic (exact) mass is 357 g/mol. The molecule has 26 heavy (non-hydrogen) atoms. The second kappa shape index (κ2) is 7.89. The number of hydrogen-bond acceptors (Lipinski definition) is 3. The third-order valence-corrected chi connectivity index (χ3v) is 5.18. The maximum absolute atomic E-state index is 12.6. The molecule has 1 atom stereocenters. The van der Waals surface area contributed by atoms with E-state index in [0.717, 1.165) is 43.5 Å². The Kier molecular flexibility index (Phi) is 5.59. The number of carbonyl (C=O) groups is 3. The predicted molar refractivity (Wildman–Crippen MR) is 99.2 cm³/mol. The molecule has 0 radical (unpaired) electrons. The minimum atomic E-state index is -0.157. The van der Waals surface area contributed by atoms with Gasteiger partial charge in [-0.25, -0.2) is 0 Å². The maximum Gasteiger partial charge on any atom is 0.229 e. The van der Waals surface area contributed by atoms with Crippen molar-refractivity contribution in [3.05, 3.63) is 29.8 Å². The van der Waals surface area contributed by atoms with Crippen molar-refractivity contribution in [3.63, 3.8) is 0 Å². The fraction of sp³-hybridized carbons (Fsp3) is 0.550. The highest BCUT2D eigenvalue weighted by atomic mass is 16.2. The molecular weight excluding hydrogens is 330 g/mol. The molecular formula is C20H27N3O3. The third kappa shape index (κ3) is 4.62. The summed E-state index contributed by atoms with van der Waals surface area (Å²) in [5, 5.41) is 2.98. The molecule has 1 heterocycles. The zero-order chi connectivity index (χ0) is 18.7. The predicted octanol–water partition coefficient (Wildman–Crippen LogP) is 2.25. The van der Waals surface area contributed by atoms with Crippen LogP contribution in [0.5, 0.6) is 0 Å². The van der Waals surface area contributed by atoms with Crippen LogP contribution in [0.2, 0.25) is 0 Å². The number of anilines is 1. The number of carbonyl (C=O) groups excluding carboxylic acids is 3. The van der Waals surface area contributed by atoms with Gasteiger partial charge in [-0.05, 0) is 43.4 Å². The number of amides is 3. The van der Waals surface area contributed by atoms with Gasteiger partial charge in [0.1, 0.15) is 0 Å². The lowest BCUT2D eigenvalue weighted by Gasteiger charge is -2.32. The summed E-state index contributed by atoms with van der Waals surface area (Å²) < 4.78 is 0. The molecule has 1 aliphatic heterocycles. The Hall–Kier alpha value is -2.37. The molecule has 6 heteroatoms. The first kappa shape index (κ1) is 18.4. The fourth-order valence-electron chi connectivity index (χ4n) is 3.36. The van der Waals surface area contributed by atoms with Crippen molar-refractivity contribution in [1.29, 1.82) is 0 Å². The van der Waals surface area contributed by atoms with E-state index in [1.807, 2.05) is 29.2 Å². The average Bonchev–Trinajstić information content (AvgIpc) is 3.46. The van der Waals surface area contributed by atoms with E-state index in [1.165, 1.54) is 6.92 Å². The maximum atomic E-state index is 12.6. The van der Waals surface area contributed by atoms with Crippen LogP contribution in [0.25, 0.3) is 0 Å². The first-order chi connectivity index (χ1) is 12.4. The molecule has 1 aromatic rings. The van der Waals surface area contributed by atoms with E-state index < -0.39 is 0 Å². The largest absolute Gasteiger partial charge is 0.342 e. The van der Waals surface area contributed by atoms with Crippen molar-refractivity contribution in [2.75, 3.05) is 25.5 Å². The number of benzene rings is 1. The first-order valence-electron chi connectivity index (χ1n) is 9.34. The van der Waals surface area contributed by atoms with Crippen molar-refractivity contribution < 1.29 is 14.4 Å². The highest BCUT2D eigenvalue weighted by Crippen LogP contribution is 2.32. The van der Waals surface area contributed by atoms with Gasteiger partial charge in [0.05, 0.1) is 5.92 Å². The quantitative estimate of drug-likeness (QED) is 0.879. The summed E-state index contributed by atoms with van der Waals surface area (Å²) >= 11 is 0. The van der Waals surface area contributed by atoms with Crippen molar-refractivity contribution in [3.8, 4) is 0 Å². The lowest BCUT2D eigenvalue weighted by atomic mass is 9.96. The van der Waals surface area contributed by atoms with Gasteiger partial charge in [-0.15, -0.1) is 0 Å². The molecule has 0 spiro atoms. The van der Waals surface area contributed by atoms with Crippen LogP contribution in [0, 0.1) is 11.8 Å². The summed E-state index contributed by atoms with van der Waals surface area (Å²) in [6.07, 6.45) is 3.68. The van der Waals surface area contributed by atoms with Gasteiger partial charge < -0.3 is 15.1 Å². The molecule has 1 saturated heterocycles. The molecule has 140 valence electrons. The molecule has 6 nitrogen and oxygen atoms in total. The first-order valence-corrected chi connectivity index (χ1v) is 9.34. The minimum Gasteiger partial charge on any atom is -0.342 e. The van der Waals surface area contributed by atoms with E-state index in [1.54, 1.807) is 11.9 Å². The van der Waals surface area contributed by atoms with Gasteiger partial charge in [0, 0.05) is 45.2 Å². The van der Waals surface area contributed by atoms with E-state index in [2.05, 4.69) is 5.32 Å². The lowest BCUT2D eigenvalue weighted by Crippen LogP contribution is -2.44. The van der Waals surface area contributed by atoms with Crippen LogP contribution in [0.4, 0.5) is 5.69 Å². The van der Waals surface area contributed by atoms with Gasteiger partial charge in [0.25, 0.3) is 0 Å². The summed E-state index contributed by atoms with van der Waals surface area (Å²) in [7, 11) is 1.75. The number of piperidine rings is 1. The Morgan fingerprint density at radius 1 is 1.19 bits per heavy atom. The molecule has 2 fully saturated rings. The fourth-order valence-corrected chi connectivity index (χ4v) is 3.36. The summed E-state index contributed by atoms with van der Waals surface area (Å²) in [6.45, 7) is 3.33. The van der Waals surface area contributed by atoms with E-state index >= 15 is 0 Å². The summed E-state index contributed by atoms with van der Waals surface area (Å²) in [5.74, 6) is 0.232. The highest BCUT2D eigenvalue weighted by Gasteiger charge is 2.36. The summed E-state index contributed by atoms with van der Waals surface area (Å²) in [5.41, 5.74) is 1.70. The Morgan fingerprint density at radius 2 is 1.96 bits per heavy atom. The van der Waals surface area contributed by atoms with Gasteiger partial charge in [-0.1, -0.05) is 12.1 Å². The Bertz CT molecular complexity index is 699. The molecule has 1 saturated carbocycles. The van der Waals surface area contributed by atoms with Crippen molar-refractivity contribution in [2.45, 2.75) is 39.2 Å².